The van der Waals surface area contributed by atoms with Crippen molar-refractivity contribution in [2.45, 2.75) is 12.5 Å². The Kier molecular flexibility index (Phi) is 4.13. The molecule has 2 N–H and O–H groups in total. The van der Waals surface area contributed by atoms with Gasteiger partial charge in [0, 0.05) is 13.7 Å². The van der Waals surface area contributed by atoms with Crippen LogP contribution in [0.5, 0.6) is 0 Å². The van der Waals surface area contributed by atoms with Crippen molar-refractivity contribution in [2.24, 2.45) is 0 Å². The van der Waals surface area contributed by atoms with Gasteiger partial charge in [0.25, 0.3) is 0 Å². The number of carbonyl (C=O) groups is 1. The maximum absolute atomic E-state index is 10.9. The molecule has 1 unspecified atom stereocenters. The summed E-state index contributed by atoms with van der Waals surface area (Å²) in [4.78, 5) is 15.1. The Balaban J connectivity index is 2.41. The first-order chi connectivity index (χ1) is 9.17. The fraction of sp³-hybridized carbons (Fsp3) is 0.385. The minimum atomic E-state index is -0.972. The molecule has 0 saturated heterocycles. The number of fused-ring (bicyclic) bond motifs is 1. The molecule has 102 valence electrons. The Hall–Kier alpha value is -1.92. The lowest BCUT2D eigenvalue weighted by Gasteiger charge is -2.17. The van der Waals surface area contributed by atoms with Crippen LogP contribution in [-0.2, 0) is 4.74 Å². The molecule has 0 radical (unpaired) electrons. The van der Waals surface area contributed by atoms with Crippen LogP contribution in [0.15, 0.2) is 24.5 Å². The highest BCUT2D eigenvalue weighted by Crippen LogP contribution is 2.21. The molecule has 19 heavy (non-hydrogen) atoms. The predicted molar refractivity (Wildman–Crippen MR) is 69.3 cm³/mol. The largest absolute Gasteiger partial charge is 0.478 e. The summed E-state index contributed by atoms with van der Waals surface area (Å²) in [6.45, 7) is 0.521. The average molecular weight is 264 g/mol. The summed E-state index contributed by atoms with van der Waals surface area (Å²) in [5.74, 6) is -0.972. The lowest BCUT2D eigenvalue weighted by atomic mass is 10.2. The number of ether oxygens (including phenoxy) is 1. The number of aliphatic hydroxyl groups is 1. The Morgan fingerprint density at radius 2 is 2.32 bits per heavy atom. The van der Waals surface area contributed by atoms with E-state index in [1.54, 1.807) is 25.6 Å². The summed E-state index contributed by atoms with van der Waals surface area (Å²) in [6, 6.07) is 4.80. The van der Waals surface area contributed by atoms with Gasteiger partial charge in [0.1, 0.15) is 0 Å². The van der Waals surface area contributed by atoms with Crippen LogP contribution in [0.25, 0.3) is 11.0 Å². The van der Waals surface area contributed by atoms with Crippen molar-refractivity contribution in [3.8, 4) is 0 Å². The van der Waals surface area contributed by atoms with Crippen LogP contribution >= 0.6 is 0 Å². The second-order valence-electron chi connectivity index (χ2n) is 4.28. The second-order valence-corrected chi connectivity index (χ2v) is 4.28. The van der Waals surface area contributed by atoms with Crippen LogP contribution in [0.1, 0.15) is 22.8 Å². The van der Waals surface area contributed by atoms with E-state index in [0.29, 0.717) is 18.5 Å². The average Bonchev–Trinajstić information content (AvgIpc) is 2.81. The van der Waals surface area contributed by atoms with Crippen molar-refractivity contribution in [1.29, 1.82) is 0 Å². The number of carboxylic acids is 1. The fourth-order valence-electron chi connectivity index (χ4n) is 2.10. The van der Waals surface area contributed by atoms with E-state index in [2.05, 4.69) is 4.98 Å². The van der Waals surface area contributed by atoms with E-state index in [1.165, 1.54) is 6.07 Å². The Morgan fingerprint density at radius 1 is 1.53 bits per heavy atom. The predicted octanol–water partition coefficient (Wildman–Crippen LogP) is 1.30. The summed E-state index contributed by atoms with van der Waals surface area (Å²) in [6.07, 6.45) is 2.20. The third kappa shape index (κ3) is 2.74. The molecule has 2 rings (SSSR count). The van der Waals surface area contributed by atoms with Crippen molar-refractivity contribution >= 4 is 17.0 Å². The van der Waals surface area contributed by atoms with E-state index in [0.717, 1.165) is 5.52 Å². The van der Waals surface area contributed by atoms with Crippen molar-refractivity contribution in [1.82, 2.24) is 9.55 Å². The SMILES string of the molecule is COCC(CCO)n1cnc2cc(C(=O)O)ccc21. The molecule has 1 aromatic carbocycles. The number of aromatic carboxylic acids is 1. The molecule has 0 aliphatic heterocycles. The Morgan fingerprint density at radius 3 is 2.95 bits per heavy atom. The smallest absolute Gasteiger partial charge is 0.335 e. The van der Waals surface area contributed by atoms with Gasteiger partial charge in [-0.1, -0.05) is 0 Å². The molecule has 0 aliphatic carbocycles. The summed E-state index contributed by atoms with van der Waals surface area (Å²) in [7, 11) is 1.60. The van der Waals surface area contributed by atoms with Crippen LogP contribution in [0.2, 0.25) is 0 Å². The van der Waals surface area contributed by atoms with Crippen LogP contribution in [-0.4, -0.2) is 46.1 Å². The zero-order valence-corrected chi connectivity index (χ0v) is 10.6. The third-order valence-corrected chi connectivity index (χ3v) is 3.04. The van der Waals surface area contributed by atoms with E-state index >= 15 is 0 Å². The first kappa shape index (κ1) is 13.5. The highest BCUT2D eigenvalue weighted by Gasteiger charge is 2.14. The van der Waals surface area contributed by atoms with Gasteiger partial charge in [-0.3, -0.25) is 0 Å². The van der Waals surface area contributed by atoms with Gasteiger partial charge >= 0.3 is 5.97 Å². The van der Waals surface area contributed by atoms with Crippen molar-refractivity contribution < 1.29 is 19.7 Å². The van der Waals surface area contributed by atoms with E-state index in [1.807, 2.05) is 4.57 Å². The number of aliphatic hydroxyl groups excluding tert-OH is 1. The van der Waals surface area contributed by atoms with E-state index in [-0.39, 0.29) is 18.2 Å². The summed E-state index contributed by atoms with van der Waals surface area (Å²) >= 11 is 0. The molecule has 0 bridgehead atoms. The van der Waals surface area contributed by atoms with Gasteiger partial charge < -0.3 is 19.5 Å². The second kappa shape index (κ2) is 5.81. The molecule has 2 aromatic rings. The lowest BCUT2D eigenvalue weighted by molar-refractivity contribution is 0.0697. The van der Waals surface area contributed by atoms with Gasteiger partial charge in [0.05, 0.1) is 35.6 Å². The zero-order chi connectivity index (χ0) is 13.8. The van der Waals surface area contributed by atoms with E-state index in [4.69, 9.17) is 14.9 Å². The quantitative estimate of drug-likeness (QED) is 0.821. The molecule has 6 heteroatoms. The number of carboxylic acid groups (broad SMARTS) is 1. The molecule has 0 amide bonds. The molecule has 0 spiro atoms. The van der Waals surface area contributed by atoms with Crippen LogP contribution in [0.4, 0.5) is 0 Å². The number of benzene rings is 1. The van der Waals surface area contributed by atoms with Gasteiger partial charge in [-0.2, -0.15) is 0 Å². The number of rotatable bonds is 6. The summed E-state index contributed by atoms with van der Waals surface area (Å²) in [5, 5.41) is 18.0. The molecule has 0 aliphatic rings. The molecular formula is C13H16N2O4. The number of nitrogens with zero attached hydrogens (tertiary/aromatic N) is 2. The number of methoxy groups -OCH3 is 1. The van der Waals surface area contributed by atoms with E-state index < -0.39 is 5.97 Å². The number of hydrogen-bond donors (Lipinski definition) is 2. The normalized spacial score (nSPS) is 12.7. The maximum Gasteiger partial charge on any atom is 0.335 e. The topological polar surface area (TPSA) is 84.6 Å². The van der Waals surface area contributed by atoms with Crippen molar-refractivity contribution in [3.63, 3.8) is 0 Å². The number of hydrogen-bond acceptors (Lipinski definition) is 4. The monoisotopic (exact) mass is 264 g/mol. The van der Waals surface area contributed by atoms with Crippen molar-refractivity contribution in [3.05, 3.63) is 30.1 Å². The highest BCUT2D eigenvalue weighted by atomic mass is 16.5. The number of aromatic nitrogens is 2. The number of imidazole rings is 1. The highest BCUT2D eigenvalue weighted by molar-refractivity contribution is 5.92. The third-order valence-electron chi connectivity index (χ3n) is 3.04. The standard InChI is InChI=1S/C13H16N2O4/c1-19-7-10(4-5-16)15-8-14-11-6-9(13(17)18)2-3-12(11)15/h2-3,6,8,10,16H,4-5,7H2,1H3,(H,17,18). The Bertz CT molecular complexity index is 573. The summed E-state index contributed by atoms with van der Waals surface area (Å²) in [5.41, 5.74) is 1.67. The molecule has 1 atom stereocenters. The minimum absolute atomic E-state index is 0.0179. The van der Waals surface area contributed by atoms with Gasteiger partial charge in [-0.15, -0.1) is 0 Å². The van der Waals surface area contributed by atoms with Crippen LogP contribution in [0.3, 0.4) is 0 Å². The van der Waals surface area contributed by atoms with Gasteiger partial charge in [0.15, 0.2) is 0 Å². The van der Waals surface area contributed by atoms with Crippen LogP contribution < -0.4 is 0 Å². The van der Waals surface area contributed by atoms with Crippen LogP contribution in [0, 0.1) is 0 Å². The zero-order valence-electron chi connectivity index (χ0n) is 10.6. The fourth-order valence-corrected chi connectivity index (χ4v) is 2.10. The summed E-state index contributed by atoms with van der Waals surface area (Å²) < 4.78 is 7.04. The molecule has 0 fully saturated rings. The first-order valence-electron chi connectivity index (χ1n) is 5.97. The molecular weight excluding hydrogens is 248 g/mol. The first-order valence-corrected chi connectivity index (χ1v) is 5.97. The lowest BCUT2D eigenvalue weighted by Crippen LogP contribution is -2.15. The molecule has 1 aromatic heterocycles. The van der Waals surface area contributed by atoms with Gasteiger partial charge in [-0.25, -0.2) is 9.78 Å². The Labute approximate surface area is 110 Å². The van der Waals surface area contributed by atoms with E-state index in [9.17, 15) is 4.79 Å². The molecule has 0 saturated carbocycles. The van der Waals surface area contributed by atoms with Crippen molar-refractivity contribution in [2.75, 3.05) is 20.3 Å². The van der Waals surface area contributed by atoms with Gasteiger partial charge in [0.2, 0.25) is 0 Å². The molecule has 1 heterocycles. The van der Waals surface area contributed by atoms with Gasteiger partial charge in [-0.05, 0) is 24.6 Å². The minimum Gasteiger partial charge on any atom is -0.478 e. The maximum atomic E-state index is 10.9. The molecule has 6 nitrogen and oxygen atoms in total.